The highest BCUT2D eigenvalue weighted by Crippen LogP contribution is 2.55. The van der Waals surface area contributed by atoms with Crippen LogP contribution in [0.5, 0.6) is 0 Å². The summed E-state index contributed by atoms with van der Waals surface area (Å²) in [5.41, 5.74) is -0.0868. The van der Waals surface area contributed by atoms with E-state index in [0.29, 0.717) is 37.0 Å². The van der Waals surface area contributed by atoms with Gasteiger partial charge in [0.25, 0.3) is 11.8 Å². The smallest absolute Gasteiger partial charge is 0.297 e. The fourth-order valence-corrected chi connectivity index (χ4v) is 8.52. The predicted octanol–water partition coefficient (Wildman–Crippen LogP) is 7.83. The SMILES string of the molecule is O=C1c2oc3ccc(Cl)cc3c(=O)c2C2(C(=O)N(Cc3ccc(F)cc3)c3ccccc32)N1c1nnc(SCc2ccccc2Cl)s1. The number of halogens is 3. The van der Waals surface area contributed by atoms with Crippen LogP contribution in [-0.2, 0) is 22.6 Å². The van der Waals surface area contributed by atoms with Crippen molar-refractivity contribution in [1.82, 2.24) is 10.2 Å². The lowest BCUT2D eigenvalue weighted by molar-refractivity contribution is -0.121. The van der Waals surface area contributed by atoms with Crippen LogP contribution in [0.15, 0.2) is 105 Å². The zero-order chi connectivity index (χ0) is 32.4. The fraction of sp³-hybridized carbons (Fsp3) is 0.0882. The minimum absolute atomic E-state index is 0.0506. The lowest BCUT2D eigenvalue weighted by Crippen LogP contribution is -2.53. The first-order valence-electron chi connectivity index (χ1n) is 14.2. The number of rotatable bonds is 6. The normalized spacial score (nSPS) is 16.8. The van der Waals surface area contributed by atoms with E-state index in [1.54, 1.807) is 48.5 Å². The molecule has 13 heteroatoms. The first kappa shape index (κ1) is 29.8. The van der Waals surface area contributed by atoms with E-state index in [2.05, 4.69) is 10.2 Å². The summed E-state index contributed by atoms with van der Waals surface area (Å²) in [7, 11) is 0. The summed E-state index contributed by atoms with van der Waals surface area (Å²) in [5.74, 6) is -1.46. The van der Waals surface area contributed by atoms with Gasteiger partial charge >= 0.3 is 0 Å². The van der Waals surface area contributed by atoms with Gasteiger partial charge in [-0.1, -0.05) is 94.8 Å². The molecule has 232 valence electrons. The van der Waals surface area contributed by atoms with Crippen LogP contribution >= 0.6 is 46.3 Å². The molecule has 6 aromatic rings. The van der Waals surface area contributed by atoms with E-state index in [4.69, 9.17) is 27.6 Å². The van der Waals surface area contributed by atoms with Gasteiger partial charge in [0.2, 0.25) is 10.9 Å². The Morgan fingerprint density at radius 2 is 1.68 bits per heavy atom. The van der Waals surface area contributed by atoms with Gasteiger partial charge in [0.05, 0.1) is 23.2 Å². The molecule has 1 unspecified atom stereocenters. The predicted molar refractivity (Wildman–Crippen MR) is 180 cm³/mol. The number of benzene rings is 4. The average molecular weight is 702 g/mol. The summed E-state index contributed by atoms with van der Waals surface area (Å²) in [6.07, 6.45) is 0. The Bertz CT molecular complexity index is 2330. The van der Waals surface area contributed by atoms with Gasteiger partial charge in [0, 0.05) is 21.4 Å². The molecule has 0 radical (unpaired) electrons. The maximum absolute atomic E-state index is 15.0. The molecule has 2 aliphatic rings. The third-order valence-corrected chi connectivity index (χ3v) is 10.9. The van der Waals surface area contributed by atoms with Crippen molar-refractivity contribution in [2.75, 3.05) is 9.80 Å². The summed E-state index contributed by atoms with van der Waals surface area (Å²) in [4.78, 5) is 46.7. The fourth-order valence-electron chi connectivity index (χ4n) is 6.17. The van der Waals surface area contributed by atoms with E-state index >= 15 is 4.79 Å². The molecule has 1 spiro atoms. The maximum Gasteiger partial charge on any atom is 0.297 e. The second kappa shape index (κ2) is 11.3. The van der Waals surface area contributed by atoms with Crippen LogP contribution < -0.4 is 15.2 Å². The van der Waals surface area contributed by atoms with E-state index in [-0.39, 0.29) is 34.0 Å². The Morgan fingerprint density at radius 3 is 2.49 bits per heavy atom. The highest BCUT2D eigenvalue weighted by molar-refractivity contribution is 8.00. The number of aromatic nitrogens is 2. The monoisotopic (exact) mass is 700 g/mol. The summed E-state index contributed by atoms with van der Waals surface area (Å²) in [5, 5.41) is 9.83. The molecule has 0 saturated heterocycles. The Balaban J connectivity index is 1.32. The highest BCUT2D eigenvalue weighted by atomic mass is 35.5. The van der Waals surface area contributed by atoms with Gasteiger partial charge < -0.3 is 9.32 Å². The lowest BCUT2D eigenvalue weighted by Gasteiger charge is -2.32. The van der Waals surface area contributed by atoms with Crippen LogP contribution in [0.25, 0.3) is 11.0 Å². The van der Waals surface area contributed by atoms with Crippen LogP contribution in [0, 0.1) is 5.82 Å². The van der Waals surface area contributed by atoms with Gasteiger partial charge in [0.1, 0.15) is 11.4 Å². The molecule has 2 amide bonds. The van der Waals surface area contributed by atoms with E-state index in [1.807, 2.05) is 18.2 Å². The van der Waals surface area contributed by atoms with Crippen molar-refractivity contribution in [2.45, 2.75) is 22.2 Å². The van der Waals surface area contributed by atoms with E-state index in [0.717, 1.165) is 16.9 Å². The second-order valence-corrected chi connectivity index (χ2v) is 13.9. The number of fused-ring (bicyclic) bond motifs is 5. The number of hydrogen-bond acceptors (Lipinski definition) is 8. The van der Waals surface area contributed by atoms with Crippen molar-refractivity contribution in [3.8, 4) is 0 Å². The third-order valence-electron chi connectivity index (χ3n) is 8.24. The molecular weight excluding hydrogens is 682 g/mol. The molecule has 47 heavy (non-hydrogen) atoms. The molecule has 8 nitrogen and oxygen atoms in total. The Morgan fingerprint density at radius 1 is 0.915 bits per heavy atom. The number of nitrogens with zero attached hydrogens (tertiary/aromatic N) is 4. The molecule has 0 saturated carbocycles. The lowest BCUT2D eigenvalue weighted by atomic mass is 9.84. The molecule has 2 aliphatic heterocycles. The first-order valence-corrected chi connectivity index (χ1v) is 16.8. The van der Waals surface area contributed by atoms with E-state index in [9.17, 15) is 14.0 Å². The summed E-state index contributed by atoms with van der Waals surface area (Å²) in [6, 6.07) is 24.7. The average Bonchev–Trinajstić information content (AvgIpc) is 3.71. The molecule has 2 aromatic heterocycles. The number of para-hydroxylation sites is 1. The van der Waals surface area contributed by atoms with Crippen LogP contribution in [0.4, 0.5) is 15.2 Å². The minimum atomic E-state index is -1.97. The molecular formula is C34H19Cl2FN4O4S2. The summed E-state index contributed by atoms with van der Waals surface area (Å²) < 4.78 is 20.4. The van der Waals surface area contributed by atoms with Crippen molar-refractivity contribution in [3.63, 3.8) is 0 Å². The van der Waals surface area contributed by atoms with Gasteiger partial charge in [0.15, 0.2) is 15.3 Å². The molecule has 0 bridgehead atoms. The van der Waals surface area contributed by atoms with Gasteiger partial charge in [-0.15, -0.1) is 10.2 Å². The Kier molecular flexibility index (Phi) is 7.17. The number of anilines is 2. The highest BCUT2D eigenvalue weighted by Gasteiger charge is 2.66. The first-order chi connectivity index (χ1) is 22.8. The van der Waals surface area contributed by atoms with Crippen molar-refractivity contribution in [1.29, 1.82) is 0 Å². The van der Waals surface area contributed by atoms with Gasteiger partial charge in [-0.25, -0.2) is 4.39 Å². The number of carbonyl (C=O) groups is 2. The largest absolute Gasteiger partial charge is 0.450 e. The van der Waals surface area contributed by atoms with Crippen LogP contribution in [0.1, 0.15) is 32.8 Å². The minimum Gasteiger partial charge on any atom is -0.450 e. The zero-order valence-corrected chi connectivity index (χ0v) is 27.1. The van der Waals surface area contributed by atoms with Crippen molar-refractivity contribution in [3.05, 3.63) is 145 Å². The Hall–Kier alpha value is -4.55. The Labute approximate surface area is 284 Å². The van der Waals surface area contributed by atoms with Gasteiger partial charge in [-0.2, -0.15) is 0 Å². The maximum atomic E-state index is 15.0. The molecule has 0 fully saturated rings. The third kappa shape index (κ3) is 4.60. The van der Waals surface area contributed by atoms with E-state index < -0.39 is 28.6 Å². The van der Waals surface area contributed by atoms with Crippen LogP contribution in [-0.4, -0.2) is 22.0 Å². The molecule has 4 heterocycles. The molecule has 1 atom stereocenters. The number of thioether (sulfide) groups is 1. The zero-order valence-electron chi connectivity index (χ0n) is 23.9. The molecule has 0 aliphatic carbocycles. The van der Waals surface area contributed by atoms with Crippen molar-refractivity contribution in [2.24, 2.45) is 0 Å². The van der Waals surface area contributed by atoms with Gasteiger partial charge in [-0.05, 0) is 53.6 Å². The second-order valence-electron chi connectivity index (χ2n) is 10.9. The van der Waals surface area contributed by atoms with Crippen molar-refractivity contribution >= 4 is 79.9 Å². The molecule has 8 rings (SSSR count). The van der Waals surface area contributed by atoms with E-state index in [1.165, 1.54) is 45.8 Å². The topological polar surface area (TPSA) is 96.6 Å². The van der Waals surface area contributed by atoms with Crippen LogP contribution in [0.2, 0.25) is 10.0 Å². The van der Waals surface area contributed by atoms with Crippen molar-refractivity contribution < 1.29 is 18.4 Å². The summed E-state index contributed by atoms with van der Waals surface area (Å²) in [6.45, 7) is 0.0506. The number of hydrogen-bond donors (Lipinski definition) is 0. The molecule has 0 N–H and O–H groups in total. The number of carbonyl (C=O) groups excluding carboxylic acids is 2. The van der Waals surface area contributed by atoms with Crippen LogP contribution in [0.3, 0.4) is 0 Å². The molecule has 4 aromatic carbocycles. The summed E-state index contributed by atoms with van der Waals surface area (Å²) >= 11 is 15.1. The quantitative estimate of drug-likeness (QED) is 0.129. The van der Waals surface area contributed by atoms with Gasteiger partial charge in [-0.3, -0.25) is 19.3 Å². The standard InChI is InChI=1S/C34H19Cl2FN4O4S2/c35-20-11-14-26-22(15-20)28(42)27-29(45-26)30(43)41(32-38-39-33(47-32)46-17-19-5-1-3-7-24(19)36)34(27)23-6-2-4-8-25(23)40(31(34)44)16-18-9-12-21(37)13-10-18/h1-15H,16-17H2. The number of amides is 2.